The van der Waals surface area contributed by atoms with Crippen molar-refractivity contribution in [3.05, 3.63) is 24.3 Å². The van der Waals surface area contributed by atoms with Crippen LogP contribution in [0.5, 0.6) is 5.75 Å². The lowest BCUT2D eigenvalue weighted by Gasteiger charge is -2.36. The van der Waals surface area contributed by atoms with Crippen LogP contribution in [0.25, 0.3) is 0 Å². The van der Waals surface area contributed by atoms with E-state index in [1.54, 1.807) is 0 Å². The fourth-order valence-corrected chi connectivity index (χ4v) is 2.85. The summed E-state index contributed by atoms with van der Waals surface area (Å²) in [4.78, 5) is 2.58. The molecule has 0 amide bonds. The first-order valence-corrected chi connectivity index (χ1v) is 7.38. The van der Waals surface area contributed by atoms with Gasteiger partial charge in [0.05, 0.1) is 12.3 Å². The van der Waals surface area contributed by atoms with Gasteiger partial charge in [-0.2, -0.15) is 0 Å². The van der Waals surface area contributed by atoms with Crippen LogP contribution in [0.1, 0.15) is 33.1 Å². The van der Waals surface area contributed by atoms with Gasteiger partial charge in [0.2, 0.25) is 0 Å². The van der Waals surface area contributed by atoms with Crippen molar-refractivity contribution in [1.29, 1.82) is 0 Å². The van der Waals surface area contributed by atoms with Gasteiger partial charge in [0, 0.05) is 12.6 Å². The normalized spacial score (nSPS) is 24.3. The molecule has 2 unspecified atom stereocenters. The quantitative estimate of drug-likeness (QED) is 0.654. The van der Waals surface area contributed by atoms with Crippen molar-refractivity contribution in [2.24, 2.45) is 5.92 Å². The summed E-state index contributed by atoms with van der Waals surface area (Å²) in [6.07, 6.45) is 3.72. The van der Waals surface area contributed by atoms with E-state index in [0.717, 1.165) is 36.9 Å². The zero-order valence-corrected chi connectivity index (χ0v) is 12.1. The Morgan fingerprint density at radius 1 is 1.32 bits per heavy atom. The maximum absolute atomic E-state index is 5.85. The van der Waals surface area contributed by atoms with Gasteiger partial charge in [0.15, 0.2) is 0 Å². The summed E-state index contributed by atoms with van der Waals surface area (Å²) < 4.78 is 5.73. The summed E-state index contributed by atoms with van der Waals surface area (Å²) in [5.41, 5.74) is 6.57. The fourth-order valence-electron chi connectivity index (χ4n) is 2.85. The zero-order chi connectivity index (χ0) is 13.7. The SMILES string of the molecule is CC1CCN(CCCOc2ccccc2N)C(C)C1. The van der Waals surface area contributed by atoms with Crippen LogP contribution in [0.15, 0.2) is 24.3 Å². The lowest BCUT2D eigenvalue weighted by molar-refractivity contribution is 0.121. The first-order chi connectivity index (χ1) is 9.16. The number of anilines is 1. The number of benzene rings is 1. The number of rotatable bonds is 5. The molecule has 0 saturated carbocycles. The van der Waals surface area contributed by atoms with E-state index in [1.807, 2.05) is 24.3 Å². The second-order valence-electron chi connectivity index (χ2n) is 5.75. The van der Waals surface area contributed by atoms with E-state index in [0.29, 0.717) is 6.04 Å². The Hall–Kier alpha value is -1.22. The third kappa shape index (κ3) is 4.13. The number of hydrogen-bond donors (Lipinski definition) is 1. The predicted octanol–water partition coefficient (Wildman–Crippen LogP) is 3.16. The molecule has 1 fully saturated rings. The van der Waals surface area contributed by atoms with Gasteiger partial charge in [0.25, 0.3) is 0 Å². The van der Waals surface area contributed by atoms with E-state index in [-0.39, 0.29) is 0 Å². The number of ether oxygens (including phenoxy) is 1. The molecule has 0 spiro atoms. The number of para-hydroxylation sites is 2. The van der Waals surface area contributed by atoms with Crippen LogP contribution in [0.4, 0.5) is 5.69 Å². The molecule has 0 aromatic heterocycles. The lowest BCUT2D eigenvalue weighted by Crippen LogP contribution is -2.41. The summed E-state index contributed by atoms with van der Waals surface area (Å²) in [5, 5.41) is 0. The molecule has 0 aliphatic carbocycles. The van der Waals surface area contributed by atoms with Crippen LogP contribution in [-0.2, 0) is 0 Å². The van der Waals surface area contributed by atoms with E-state index in [2.05, 4.69) is 18.7 Å². The van der Waals surface area contributed by atoms with Crippen molar-refractivity contribution in [2.75, 3.05) is 25.4 Å². The first-order valence-electron chi connectivity index (χ1n) is 7.38. The highest BCUT2D eigenvalue weighted by atomic mass is 16.5. The fraction of sp³-hybridized carbons (Fsp3) is 0.625. The Kier molecular flexibility index (Phi) is 5.08. The average molecular weight is 262 g/mol. The van der Waals surface area contributed by atoms with Crippen LogP contribution in [0, 0.1) is 5.92 Å². The molecule has 0 bridgehead atoms. The van der Waals surface area contributed by atoms with Crippen molar-refractivity contribution < 1.29 is 4.74 Å². The maximum atomic E-state index is 5.85. The molecule has 2 rings (SSSR count). The molecule has 1 aliphatic rings. The lowest BCUT2D eigenvalue weighted by atomic mass is 9.93. The third-order valence-corrected chi connectivity index (χ3v) is 4.04. The van der Waals surface area contributed by atoms with Crippen molar-refractivity contribution in [3.63, 3.8) is 0 Å². The van der Waals surface area contributed by atoms with Crippen LogP contribution >= 0.6 is 0 Å². The van der Waals surface area contributed by atoms with E-state index in [9.17, 15) is 0 Å². The van der Waals surface area contributed by atoms with Crippen molar-refractivity contribution in [2.45, 2.75) is 39.2 Å². The summed E-state index contributed by atoms with van der Waals surface area (Å²) in [6, 6.07) is 8.41. The number of nitrogen functional groups attached to an aromatic ring is 1. The molecule has 1 heterocycles. The molecule has 1 aromatic rings. The molecule has 1 aliphatic heterocycles. The van der Waals surface area contributed by atoms with Gasteiger partial charge in [0.1, 0.15) is 5.75 Å². The largest absolute Gasteiger partial charge is 0.491 e. The minimum Gasteiger partial charge on any atom is -0.491 e. The van der Waals surface area contributed by atoms with Gasteiger partial charge >= 0.3 is 0 Å². The molecule has 106 valence electrons. The van der Waals surface area contributed by atoms with E-state index in [1.165, 1.54) is 19.4 Å². The van der Waals surface area contributed by atoms with E-state index in [4.69, 9.17) is 10.5 Å². The van der Waals surface area contributed by atoms with Crippen LogP contribution in [-0.4, -0.2) is 30.6 Å². The van der Waals surface area contributed by atoms with Gasteiger partial charge in [-0.25, -0.2) is 0 Å². The molecule has 1 saturated heterocycles. The van der Waals surface area contributed by atoms with Crippen molar-refractivity contribution in [1.82, 2.24) is 4.90 Å². The minimum atomic E-state index is 0.713. The highest BCUT2D eigenvalue weighted by Gasteiger charge is 2.21. The smallest absolute Gasteiger partial charge is 0.142 e. The topological polar surface area (TPSA) is 38.5 Å². The third-order valence-electron chi connectivity index (χ3n) is 4.04. The number of piperidine rings is 1. The molecule has 19 heavy (non-hydrogen) atoms. The van der Waals surface area contributed by atoms with E-state index >= 15 is 0 Å². The molecule has 2 N–H and O–H groups in total. The second-order valence-corrected chi connectivity index (χ2v) is 5.75. The molecule has 1 aromatic carbocycles. The summed E-state index contributed by atoms with van der Waals surface area (Å²) in [7, 11) is 0. The zero-order valence-electron chi connectivity index (χ0n) is 12.1. The molecular formula is C16H26N2O. The second kappa shape index (κ2) is 6.80. The van der Waals surface area contributed by atoms with Gasteiger partial charge in [-0.1, -0.05) is 19.1 Å². The number of hydrogen-bond acceptors (Lipinski definition) is 3. The Morgan fingerprint density at radius 3 is 2.84 bits per heavy atom. The number of nitrogens with zero attached hydrogens (tertiary/aromatic N) is 1. The summed E-state index contributed by atoms with van der Waals surface area (Å²) in [5.74, 6) is 1.69. The van der Waals surface area contributed by atoms with Crippen molar-refractivity contribution in [3.8, 4) is 5.75 Å². The van der Waals surface area contributed by atoms with Gasteiger partial charge in [-0.05, 0) is 50.8 Å². The van der Waals surface area contributed by atoms with Crippen molar-refractivity contribution >= 4 is 5.69 Å². The summed E-state index contributed by atoms with van der Waals surface area (Å²) in [6.45, 7) is 7.80. The number of nitrogens with two attached hydrogens (primary N) is 1. The molecule has 0 radical (unpaired) electrons. The Labute approximate surface area is 116 Å². The average Bonchev–Trinajstić information content (AvgIpc) is 2.38. The van der Waals surface area contributed by atoms with Gasteiger partial charge in [-0.15, -0.1) is 0 Å². The van der Waals surface area contributed by atoms with Crippen LogP contribution in [0.2, 0.25) is 0 Å². The predicted molar refractivity (Wildman–Crippen MR) is 80.4 cm³/mol. The number of likely N-dealkylation sites (tertiary alicyclic amines) is 1. The molecular weight excluding hydrogens is 236 g/mol. The minimum absolute atomic E-state index is 0.713. The Bertz CT molecular complexity index is 394. The Balaban J connectivity index is 1.68. The molecule has 3 nitrogen and oxygen atoms in total. The van der Waals surface area contributed by atoms with Gasteiger partial charge in [-0.3, -0.25) is 0 Å². The Morgan fingerprint density at radius 2 is 2.11 bits per heavy atom. The first kappa shape index (κ1) is 14.2. The van der Waals surface area contributed by atoms with Gasteiger partial charge < -0.3 is 15.4 Å². The highest BCUT2D eigenvalue weighted by molar-refractivity contribution is 5.51. The van der Waals surface area contributed by atoms with Crippen LogP contribution in [0.3, 0.4) is 0 Å². The molecule has 3 heteroatoms. The van der Waals surface area contributed by atoms with E-state index < -0.39 is 0 Å². The standard InChI is InChI=1S/C16H26N2O/c1-13-8-10-18(14(2)12-13)9-5-11-19-16-7-4-3-6-15(16)17/h3-4,6-7,13-14H,5,8-12,17H2,1-2H3. The van der Waals surface area contributed by atoms with Crippen LogP contribution < -0.4 is 10.5 Å². The monoisotopic (exact) mass is 262 g/mol. The molecule has 2 atom stereocenters. The summed E-state index contributed by atoms with van der Waals surface area (Å²) >= 11 is 0. The highest BCUT2D eigenvalue weighted by Crippen LogP contribution is 2.22. The maximum Gasteiger partial charge on any atom is 0.142 e.